The molecular weight excluding hydrogens is 188 g/mol. The number of hydrogen-bond donors (Lipinski definition) is 0. The monoisotopic (exact) mass is 215 g/mol. The van der Waals surface area contributed by atoms with Gasteiger partial charge in [-0.05, 0) is 12.8 Å². The Labute approximate surface area is 95.2 Å². The van der Waals surface area contributed by atoms with E-state index < -0.39 is 0 Å². The summed E-state index contributed by atoms with van der Waals surface area (Å²) < 4.78 is 0. The first-order valence-corrected chi connectivity index (χ1v) is 7.30. The fourth-order valence-electron chi connectivity index (χ4n) is 1.73. The SMILES string of the molecule is [CH2]SC(CCCCC)CCCCCC. The highest BCUT2D eigenvalue weighted by Gasteiger charge is 2.05. The summed E-state index contributed by atoms with van der Waals surface area (Å²) in [6, 6.07) is 0. The van der Waals surface area contributed by atoms with E-state index in [9.17, 15) is 0 Å². The van der Waals surface area contributed by atoms with Crippen molar-refractivity contribution in [1.82, 2.24) is 0 Å². The summed E-state index contributed by atoms with van der Waals surface area (Å²) in [6.45, 7) is 4.54. The van der Waals surface area contributed by atoms with Gasteiger partial charge in [0.25, 0.3) is 0 Å². The van der Waals surface area contributed by atoms with Gasteiger partial charge in [-0.15, -0.1) is 0 Å². The average Bonchev–Trinajstić information content (AvgIpc) is 2.22. The molecule has 1 heteroatoms. The van der Waals surface area contributed by atoms with Gasteiger partial charge in [-0.2, -0.15) is 11.8 Å². The molecule has 0 amide bonds. The summed E-state index contributed by atoms with van der Waals surface area (Å²) in [6.07, 6.45) is 16.5. The first kappa shape index (κ1) is 14.3. The summed E-state index contributed by atoms with van der Waals surface area (Å²) >= 11 is 1.83. The zero-order valence-electron chi connectivity index (χ0n) is 10.1. The summed E-state index contributed by atoms with van der Waals surface area (Å²) in [5.41, 5.74) is 0. The Morgan fingerprint density at radius 2 is 1.36 bits per heavy atom. The zero-order valence-corrected chi connectivity index (χ0v) is 10.9. The molecule has 0 aliphatic carbocycles. The molecule has 0 nitrogen and oxygen atoms in total. The van der Waals surface area contributed by atoms with Crippen LogP contribution in [0.4, 0.5) is 0 Å². The van der Waals surface area contributed by atoms with E-state index in [1.165, 1.54) is 57.8 Å². The van der Waals surface area contributed by atoms with Crippen LogP contribution in [0.1, 0.15) is 71.6 Å². The Balaban J connectivity index is 3.28. The Morgan fingerprint density at radius 3 is 1.86 bits per heavy atom. The quantitative estimate of drug-likeness (QED) is 0.438. The maximum absolute atomic E-state index is 3.98. The van der Waals surface area contributed by atoms with E-state index in [1.54, 1.807) is 0 Å². The van der Waals surface area contributed by atoms with Crippen LogP contribution in [0.25, 0.3) is 0 Å². The third kappa shape index (κ3) is 8.93. The number of thioether (sulfide) groups is 1. The number of rotatable bonds is 10. The second-order valence-corrected chi connectivity index (χ2v) is 5.13. The van der Waals surface area contributed by atoms with Crippen molar-refractivity contribution < 1.29 is 0 Å². The van der Waals surface area contributed by atoms with Gasteiger partial charge in [-0.3, -0.25) is 0 Å². The molecule has 14 heavy (non-hydrogen) atoms. The highest BCUT2D eigenvalue weighted by Crippen LogP contribution is 2.22. The Morgan fingerprint density at radius 1 is 0.857 bits per heavy atom. The zero-order chi connectivity index (χ0) is 10.6. The molecule has 1 atom stereocenters. The van der Waals surface area contributed by atoms with E-state index in [4.69, 9.17) is 0 Å². The number of unbranched alkanes of at least 4 members (excludes halogenated alkanes) is 5. The normalized spacial score (nSPS) is 13.1. The standard InChI is InChI=1S/C13H27S/c1-4-6-8-10-12-13(14-3)11-9-7-5-2/h13H,3-12H2,1-2H3. The van der Waals surface area contributed by atoms with E-state index in [2.05, 4.69) is 20.1 Å². The van der Waals surface area contributed by atoms with Crippen molar-refractivity contribution in [3.8, 4) is 0 Å². The summed E-state index contributed by atoms with van der Waals surface area (Å²) in [5.74, 6) is 0. The van der Waals surface area contributed by atoms with Gasteiger partial charge in [-0.25, -0.2) is 0 Å². The predicted octanol–water partition coefficient (Wildman–Crippen LogP) is 5.43. The molecule has 0 aliphatic rings. The molecule has 0 bridgehead atoms. The fourth-order valence-corrected chi connectivity index (χ4v) is 2.40. The Hall–Kier alpha value is 0.350. The molecule has 1 unspecified atom stereocenters. The summed E-state index contributed by atoms with van der Waals surface area (Å²) in [4.78, 5) is 0. The lowest BCUT2D eigenvalue weighted by molar-refractivity contribution is 0.573. The maximum atomic E-state index is 3.98. The maximum Gasteiger partial charge on any atom is 0.00473 e. The highest BCUT2D eigenvalue weighted by molar-refractivity contribution is 8.01. The van der Waals surface area contributed by atoms with E-state index in [0.29, 0.717) is 0 Å². The molecule has 0 saturated carbocycles. The van der Waals surface area contributed by atoms with Crippen molar-refractivity contribution >= 4 is 11.8 Å². The molecule has 0 rings (SSSR count). The minimum atomic E-state index is 0.832. The van der Waals surface area contributed by atoms with Crippen molar-refractivity contribution in [1.29, 1.82) is 0 Å². The second-order valence-electron chi connectivity index (χ2n) is 4.13. The van der Waals surface area contributed by atoms with Crippen molar-refractivity contribution in [2.75, 3.05) is 0 Å². The molecule has 0 N–H and O–H groups in total. The molecule has 0 saturated heterocycles. The predicted molar refractivity (Wildman–Crippen MR) is 69.6 cm³/mol. The van der Waals surface area contributed by atoms with Gasteiger partial charge in [0.05, 0.1) is 0 Å². The molecule has 0 spiro atoms. The lowest BCUT2D eigenvalue weighted by Gasteiger charge is -2.13. The van der Waals surface area contributed by atoms with Gasteiger partial charge in [0.2, 0.25) is 0 Å². The second kappa shape index (κ2) is 11.4. The van der Waals surface area contributed by atoms with Gasteiger partial charge >= 0.3 is 0 Å². The molecule has 85 valence electrons. The Bertz CT molecular complexity index is 101. The lowest BCUT2D eigenvalue weighted by atomic mass is 10.1. The van der Waals surface area contributed by atoms with Crippen LogP contribution in [-0.4, -0.2) is 5.25 Å². The first-order chi connectivity index (χ1) is 6.85. The first-order valence-electron chi connectivity index (χ1n) is 6.26. The van der Waals surface area contributed by atoms with E-state index in [0.717, 1.165) is 5.25 Å². The van der Waals surface area contributed by atoms with Crippen LogP contribution >= 0.6 is 11.8 Å². The minimum absolute atomic E-state index is 0.832. The summed E-state index contributed by atoms with van der Waals surface area (Å²) in [7, 11) is 0. The van der Waals surface area contributed by atoms with E-state index in [1.807, 2.05) is 11.8 Å². The topological polar surface area (TPSA) is 0 Å². The van der Waals surface area contributed by atoms with Crippen LogP contribution in [0.3, 0.4) is 0 Å². The Kier molecular flexibility index (Phi) is 11.7. The average molecular weight is 215 g/mol. The number of hydrogen-bond acceptors (Lipinski definition) is 1. The van der Waals surface area contributed by atoms with Crippen molar-refractivity contribution in [3.63, 3.8) is 0 Å². The largest absolute Gasteiger partial charge is 0.158 e. The molecule has 0 aromatic rings. The molecule has 0 aromatic heterocycles. The molecular formula is C13H27S. The van der Waals surface area contributed by atoms with Crippen LogP contribution in [-0.2, 0) is 0 Å². The molecule has 0 aliphatic heterocycles. The van der Waals surface area contributed by atoms with Crippen LogP contribution in [0.2, 0.25) is 0 Å². The van der Waals surface area contributed by atoms with Gasteiger partial charge in [0, 0.05) is 11.5 Å². The van der Waals surface area contributed by atoms with Gasteiger partial charge in [0.15, 0.2) is 0 Å². The van der Waals surface area contributed by atoms with Crippen LogP contribution in [0.5, 0.6) is 0 Å². The molecule has 0 fully saturated rings. The molecule has 0 heterocycles. The van der Waals surface area contributed by atoms with Crippen LogP contribution in [0, 0.1) is 6.26 Å². The van der Waals surface area contributed by atoms with Gasteiger partial charge in [-0.1, -0.05) is 58.8 Å². The van der Waals surface area contributed by atoms with Crippen LogP contribution < -0.4 is 0 Å². The van der Waals surface area contributed by atoms with Crippen LogP contribution in [0.15, 0.2) is 0 Å². The summed E-state index contributed by atoms with van der Waals surface area (Å²) in [5, 5.41) is 0.832. The lowest BCUT2D eigenvalue weighted by Crippen LogP contribution is -2.01. The van der Waals surface area contributed by atoms with Crippen molar-refractivity contribution in [3.05, 3.63) is 6.26 Å². The van der Waals surface area contributed by atoms with Crippen molar-refractivity contribution in [2.45, 2.75) is 76.9 Å². The highest BCUT2D eigenvalue weighted by atomic mass is 32.2. The smallest absolute Gasteiger partial charge is 0.00473 e. The van der Waals surface area contributed by atoms with E-state index >= 15 is 0 Å². The third-order valence-electron chi connectivity index (χ3n) is 2.75. The van der Waals surface area contributed by atoms with Gasteiger partial charge in [0.1, 0.15) is 0 Å². The fraction of sp³-hybridized carbons (Fsp3) is 0.923. The van der Waals surface area contributed by atoms with Crippen molar-refractivity contribution in [2.24, 2.45) is 0 Å². The molecule has 1 radical (unpaired) electrons. The van der Waals surface area contributed by atoms with Gasteiger partial charge < -0.3 is 0 Å². The molecule has 0 aromatic carbocycles. The van der Waals surface area contributed by atoms with E-state index in [-0.39, 0.29) is 0 Å². The minimum Gasteiger partial charge on any atom is -0.158 e. The third-order valence-corrected chi connectivity index (χ3v) is 3.69.